The smallest absolute Gasteiger partial charge is 0.245 e. The third-order valence-corrected chi connectivity index (χ3v) is 4.58. The van der Waals surface area contributed by atoms with Crippen LogP contribution >= 0.6 is 11.8 Å². The molecule has 0 saturated carbocycles. The van der Waals surface area contributed by atoms with Gasteiger partial charge in [-0.15, -0.1) is 0 Å². The van der Waals surface area contributed by atoms with E-state index in [0.29, 0.717) is 10.8 Å². The van der Waals surface area contributed by atoms with Gasteiger partial charge in [0.25, 0.3) is 0 Å². The van der Waals surface area contributed by atoms with Gasteiger partial charge in [0.2, 0.25) is 15.0 Å². The molecule has 2 aliphatic rings. The fourth-order valence-electron chi connectivity index (χ4n) is 1.72. The van der Waals surface area contributed by atoms with Crippen LogP contribution in [0.5, 0.6) is 0 Å². The lowest BCUT2D eigenvalue weighted by Crippen LogP contribution is -2.38. The van der Waals surface area contributed by atoms with Crippen LogP contribution in [0.2, 0.25) is 0 Å². The number of nitrogens with two attached hydrogens (primary N) is 1. The Kier molecular flexibility index (Phi) is 2.75. The number of thioether (sulfide) groups is 1. The predicted octanol–water partition coefficient (Wildman–Crippen LogP) is 0.239. The number of furan rings is 1. The molecule has 0 aromatic carbocycles. The quantitative estimate of drug-likeness (QED) is 0.798. The second-order valence-corrected chi connectivity index (χ2v) is 7.10. The number of sulfone groups is 1. The highest BCUT2D eigenvalue weighted by Gasteiger charge is 2.38. The molecule has 19 heavy (non-hydrogen) atoms. The standard InChI is InChI=1S/C10H10N4O3S2/c1-19(15,16)10-13-7(11)6-9(14-10)18-8(12-6)5-3-2-4-17-5/h2-4,6,9H,1H3,(H2,11,13,14). The van der Waals surface area contributed by atoms with Crippen molar-refractivity contribution in [3.05, 3.63) is 24.2 Å². The lowest BCUT2D eigenvalue weighted by molar-refractivity contribution is 0.559. The molecule has 2 unspecified atom stereocenters. The summed E-state index contributed by atoms with van der Waals surface area (Å²) in [6.07, 6.45) is 2.60. The first kappa shape index (κ1) is 12.4. The van der Waals surface area contributed by atoms with Crippen LogP contribution in [0.4, 0.5) is 0 Å². The van der Waals surface area contributed by atoms with Crippen LogP contribution in [0.25, 0.3) is 0 Å². The molecule has 3 heterocycles. The van der Waals surface area contributed by atoms with Gasteiger partial charge in [-0.2, -0.15) is 0 Å². The van der Waals surface area contributed by atoms with Crippen molar-refractivity contribution < 1.29 is 12.8 Å². The van der Waals surface area contributed by atoms with Crippen molar-refractivity contribution in [2.75, 3.05) is 6.26 Å². The van der Waals surface area contributed by atoms with Crippen molar-refractivity contribution in [3.8, 4) is 0 Å². The summed E-state index contributed by atoms with van der Waals surface area (Å²) in [6.45, 7) is 0. The Morgan fingerprint density at radius 1 is 1.42 bits per heavy atom. The van der Waals surface area contributed by atoms with Gasteiger partial charge in [-0.1, -0.05) is 11.8 Å². The molecule has 1 aromatic rings. The van der Waals surface area contributed by atoms with Crippen molar-refractivity contribution in [3.63, 3.8) is 0 Å². The van der Waals surface area contributed by atoms with E-state index in [0.717, 1.165) is 6.26 Å². The topological polar surface area (TPSA) is 110 Å². The minimum absolute atomic E-state index is 0.162. The monoisotopic (exact) mass is 298 g/mol. The molecule has 0 amide bonds. The zero-order valence-corrected chi connectivity index (χ0v) is 11.5. The van der Waals surface area contributed by atoms with Crippen LogP contribution in [0, 0.1) is 0 Å². The first-order valence-corrected chi connectivity index (χ1v) is 8.12. The minimum atomic E-state index is -3.47. The minimum Gasteiger partial charge on any atom is -0.462 e. The van der Waals surface area contributed by atoms with E-state index in [4.69, 9.17) is 10.2 Å². The van der Waals surface area contributed by atoms with E-state index in [2.05, 4.69) is 15.0 Å². The predicted molar refractivity (Wildman–Crippen MR) is 74.3 cm³/mol. The average Bonchev–Trinajstić information content (AvgIpc) is 2.95. The highest BCUT2D eigenvalue weighted by atomic mass is 32.2. The zero-order chi connectivity index (χ0) is 13.6. The summed E-state index contributed by atoms with van der Waals surface area (Å²) < 4.78 is 28.2. The van der Waals surface area contributed by atoms with Gasteiger partial charge in [0.1, 0.15) is 22.3 Å². The summed E-state index contributed by atoms with van der Waals surface area (Å²) in [4.78, 5) is 12.3. The summed E-state index contributed by atoms with van der Waals surface area (Å²) in [5, 5.41) is 0.00798. The molecule has 2 aliphatic heterocycles. The summed E-state index contributed by atoms with van der Waals surface area (Å²) in [6, 6.07) is 3.09. The second-order valence-electron chi connectivity index (χ2n) is 4.09. The van der Waals surface area contributed by atoms with Gasteiger partial charge < -0.3 is 10.2 Å². The van der Waals surface area contributed by atoms with Gasteiger partial charge in [-0.05, 0) is 12.1 Å². The highest BCUT2D eigenvalue weighted by molar-refractivity contribution is 8.15. The number of aliphatic imine (C=N–C) groups is 3. The maximum Gasteiger partial charge on any atom is 0.245 e. The summed E-state index contributed by atoms with van der Waals surface area (Å²) >= 11 is 1.32. The van der Waals surface area contributed by atoms with Crippen LogP contribution in [0.15, 0.2) is 37.8 Å². The normalized spacial score (nSPS) is 26.5. The molecule has 0 fully saturated rings. The van der Waals surface area contributed by atoms with Gasteiger partial charge in [0, 0.05) is 6.26 Å². The number of rotatable bonds is 1. The second kappa shape index (κ2) is 4.20. The van der Waals surface area contributed by atoms with E-state index in [1.54, 1.807) is 18.4 Å². The third-order valence-electron chi connectivity index (χ3n) is 2.59. The van der Waals surface area contributed by atoms with E-state index in [1.165, 1.54) is 11.8 Å². The molecule has 0 saturated heterocycles. The zero-order valence-electron chi connectivity index (χ0n) is 9.85. The Bertz CT molecular complexity index is 703. The molecule has 9 heteroatoms. The number of hydrogen-bond acceptors (Lipinski definition) is 8. The molecule has 0 aliphatic carbocycles. The maximum absolute atomic E-state index is 11.5. The SMILES string of the molecule is CS(=O)(=O)C1=NC2SC(c3ccco3)=NC2C(N)=N1. The number of fused-ring (bicyclic) bond motifs is 1. The average molecular weight is 298 g/mol. The van der Waals surface area contributed by atoms with Crippen LogP contribution in [-0.2, 0) is 9.84 Å². The van der Waals surface area contributed by atoms with Gasteiger partial charge in [-0.25, -0.2) is 18.4 Å². The molecule has 7 nitrogen and oxygen atoms in total. The fourth-order valence-corrected chi connectivity index (χ4v) is 3.48. The fraction of sp³-hybridized carbons (Fsp3) is 0.300. The number of nitrogens with zero attached hydrogens (tertiary/aromatic N) is 3. The molecular formula is C10H10N4O3S2. The van der Waals surface area contributed by atoms with E-state index in [9.17, 15) is 8.42 Å². The van der Waals surface area contributed by atoms with Crippen LogP contribution in [0.1, 0.15) is 5.76 Å². The van der Waals surface area contributed by atoms with Gasteiger partial charge in [0.05, 0.1) is 6.26 Å². The summed E-state index contributed by atoms with van der Waals surface area (Å²) in [7, 11) is -3.47. The van der Waals surface area contributed by atoms with Crippen molar-refractivity contribution in [1.82, 2.24) is 0 Å². The molecule has 0 bridgehead atoms. The summed E-state index contributed by atoms with van der Waals surface area (Å²) in [5.41, 5.74) is 5.78. The lowest BCUT2D eigenvalue weighted by Gasteiger charge is -2.17. The largest absolute Gasteiger partial charge is 0.462 e. The van der Waals surface area contributed by atoms with Crippen molar-refractivity contribution in [2.45, 2.75) is 11.4 Å². The Morgan fingerprint density at radius 2 is 2.21 bits per heavy atom. The van der Waals surface area contributed by atoms with E-state index in [1.807, 2.05) is 0 Å². The van der Waals surface area contributed by atoms with E-state index in [-0.39, 0.29) is 11.0 Å². The van der Waals surface area contributed by atoms with Crippen molar-refractivity contribution in [2.24, 2.45) is 20.7 Å². The molecule has 2 atom stereocenters. The van der Waals surface area contributed by atoms with Crippen molar-refractivity contribution in [1.29, 1.82) is 0 Å². The van der Waals surface area contributed by atoms with Crippen LogP contribution in [0.3, 0.4) is 0 Å². The first-order chi connectivity index (χ1) is 8.95. The molecule has 2 N–H and O–H groups in total. The molecule has 3 rings (SSSR count). The van der Waals surface area contributed by atoms with E-state index < -0.39 is 21.3 Å². The molecular weight excluding hydrogens is 288 g/mol. The van der Waals surface area contributed by atoms with E-state index >= 15 is 0 Å². The van der Waals surface area contributed by atoms with Gasteiger partial charge in [-0.3, -0.25) is 4.99 Å². The lowest BCUT2D eigenvalue weighted by atomic mass is 10.2. The Balaban J connectivity index is 1.96. The molecule has 1 aromatic heterocycles. The van der Waals surface area contributed by atoms with Gasteiger partial charge >= 0.3 is 0 Å². The molecule has 0 spiro atoms. The van der Waals surface area contributed by atoms with Gasteiger partial charge in [0.15, 0.2) is 5.76 Å². The molecule has 0 radical (unpaired) electrons. The van der Waals surface area contributed by atoms with Crippen LogP contribution < -0.4 is 5.73 Å². The Labute approximate surface area is 113 Å². The first-order valence-electron chi connectivity index (χ1n) is 5.35. The molecule has 100 valence electrons. The Hall–Kier alpha value is -1.61. The maximum atomic E-state index is 11.5. The van der Waals surface area contributed by atoms with Crippen molar-refractivity contribution >= 4 is 37.6 Å². The number of hydrogen-bond donors (Lipinski definition) is 1. The van der Waals surface area contributed by atoms with Crippen LogP contribution in [-0.4, -0.2) is 42.1 Å². The highest BCUT2D eigenvalue weighted by Crippen LogP contribution is 2.33. The number of amidine groups is 2. The summed E-state index contributed by atoms with van der Waals surface area (Å²) in [5.74, 6) is 0.776. The third kappa shape index (κ3) is 2.19. The Morgan fingerprint density at radius 3 is 2.84 bits per heavy atom.